The van der Waals surface area contributed by atoms with Gasteiger partial charge in [-0.25, -0.2) is 5.01 Å². The van der Waals surface area contributed by atoms with Crippen LogP contribution < -0.4 is 0 Å². The Morgan fingerprint density at radius 3 is 2.46 bits per heavy atom. The molecule has 0 bridgehead atoms. The molecule has 0 saturated heterocycles. The van der Waals surface area contributed by atoms with Crippen molar-refractivity contribution in [2.45, 2.75) is 31.7 Å². The van der Waals surface area contributed by atoms with Gasteiger partial charge in [0.25, 0.3) is 0 Å². The predicted octanol–water partition coefficient (Wildman–Crippen LogP) is 4.27. The summed E-state index contributed by atoms with van der Waals surface area (Å²) in [6, 6.07) is 16.9. The molecule has 134 valence electrons. The van der Waals surface area contributed by atoms with E-state index in [2.05, 4.69) is 5.10 Å². The van der Waals surface area contributed by atoms with E-state index < -0.39 is 5.97 Å². The Morgan fingerprint density at radius 1 is 1.08 bits per heavy atom. The summed E-state index contributed by atoms with van der Waals surface area (Å²) in [6.07, 6.45) is 0.957. The fourth-order valence-corrected chi connectivity index (χ4v) is 3.30. The van der Waals surface area contributed by atoms with Gasteiger partial charge in [0.1, 0.15) is 0 Å². The van der Waals surface area contributed by atoms with Crippen LogP contribution in [0, 0.1) is 0 Å². The Hall–Kier alpha value is -2.66. The first-order valence-corrected chi connectivity index (χ1v) is 8.85. The largest absolute Gasteiger partial charge is 0.481 e. The lowest BCUT2D eigenvalue weighted by atomic mass is 9.98. The van der Waals surface area contributed by atoms with Crippen molar-refractivity contribution in [1.29, 1.82) is 0 Å². The standard InChI is InChI=1S/C20H19ClN2O3/c21-16-10-5-4-9-15(16)18-13-17(14-7-2-1-3-8-14)22-23(18)19(24)11-6-12-20(25)26/h1-5,7-10,18H,6,11-13H2,(H,25,26)/t18-/m0/s1. The maximum atomic E-state index is 12.7. The number of nitrogens with zero attached hydrogens (tertiary/aromatic N) is 2. The number of carboxylic acids is 1. The highest BCUT2D eigenvalue weighted by Crippen LogP contribution is 2.36. The second kappa shape index (κ2) is 8.15. The normalized spacial score (nSPS) is 16.4. The number of hydrogen-bond acceptors (Lipinski definition) is 3. The Kier molecular flexibility index (Phi) is 5.68. The van der Waals surface area contributed by atoms with Crippen LogP contribution in [0.3, 0.4) is 0 Å². The van der Waals surface area contributed by atoms with Crippen molar-refractivity contribution in [1.82, 2.24) is 5.01 Å². The number of hydrogen-bond donors (Lipinski definition) is 1. The van der Waals surface area contributed by atoms with Crippen LogP contribution in [0.4, 0.5) is 0 Å². The molecule has 1 amide bonds. The fraction of sp³-hybridized carbons (Fsp3) is 0.250. The molecule has 6 heteroatoms. The summed E-state index contributed by atoms with van der Waals surface area (Å²) in [4.78, 5) is 23.4. The van der Waals surface area contributed by atoms with E-state index in [0.717, 1.165) is 16.8 Å². The van der Waals surface area contributed by atoms with Gasteiger partial charge in [0, 0.05) is 24.3 Å². The minimum absolute atomic E-state index is 0.0361. The second-order valence-electron chi connectivity index (χ2n) is 6.14. The minimum Gasteiger partial charge on any atom is -0.481 e. The first-order valence-electron chi connectivity index (χ1n) is 8.47. The van der Waals surface area contributed by atoms with E-state index in [-0.39, 0.29) is 31.2 Å². The van der Waals surface area contributed by atoms with Gasteiger partial charge in [-0.15, -0.1) is 0 Å². The Balaban J connectivity index is 1.87. The van der Waals surface area contributed by atoms with Crippen LogP contribution in [0.25, 0.3) is 0 Å². The Bertz CT molecular complexity index is 836. The molecule has 0 saturated carbocycles. The molecule has 0 spiro atoms. The van der Waals surface area contributed by atoms with Gasteiger partial charge in [0.05, 0.1) is 11.8 Å². The lowest BCUT2D eigenvalue weighted by molar-refractivity contribution is -0.137. The molecule has 3 rings (SSSR count). The molecule has 0 aromatic heterocycles. The van der Waals surface area contributed by atoms with Crippen molar-refractivity contribution < 1.29 is 14.7 Å². The zero-order valence-electron chi connectivity index (χ0n) is 14.1. The van der Waals surface area contributed by atoms with Crippen LogP contribution in [0.1, 0.15) is 42.9 Å². The number of carbonyl (C=O) groups is 2. The molecular formula is C20H19ClN2O3. The Labute approximate surface area is 156 Å². The first-order chi connectivity index (χ1) is 12.6. The highest BCUT2D eigenvalue weighted by Gasteiger charge is 2.33. The van der Waals surface area contributed by atoms with E-state index in [9.17, 15) is 9.59 Å². The van der Waals surface area contributed by atoms with Crippen LogP contribution in [0.2, 0.25) is 5.02 Å². The molecule has 0 aliphatic carbocycles. The third kappa shape index (κ3) is 4.11. The number of hydrazone groups is 1. The molecule has 2 aromatic carbocycles. The average Bonchev–Trinajstić information content (AvgIpc) is 3.08. The molecule has 0 radical (unpaired) electrons. The summed E-state index contributed by atoms with van der Waals surface area (Å²) in [5, 5.41) is 15.4. The van der Waals surface area contributed by atoms with Gasteiger partial charge in [0.2, 0.25) is 5.91 Å². The maximum absolute atomic E-state index is 12.7. The molecule has 0 fully saturated rings. The van der Waals surface area contributed by atoms with E-state index in [1.165, 1.54) is 5.01 Å². The van der Waals surface area contributed by atoms with E-state index >= 15 is 0 Å². The van der Waals surface area contributed by atoms with Gasteiger partial charge in [-0.1, -0.05) is 60.1 Å². The lowest BCUT2D eigenvalue weighted by Gasteiger charge is -2.22. The molecule has 2 aromatic rings. The van der Waals surface area contributed by atoms with Crippen LogP contribution in [-0.4, -0.2) is 27.7 Å². The van der Waals surface area contributed by atoms with Gasteiger partial charge in [0.15, 0.2) is 0 Å². The lowest BCUT2D eigenvalue weighted by Crippen LogP contribution is -2.27. The van der Waals surface area contributed by atoms with E-state index in [1.54, 1.807) is 6.07 Å². The molecule has 1 N–H and O–H groups in total. The monoisotopic (exact) mass is 370 g/mol. The van der Waals surface area contributed by atoms with Gasteiger partial charge in [-0.3, -0.25) is 9.59 Å². The van der Waals surface area contributed by atoms with Crippen molar-refractivity contribution in [3.63, 3.8) is 0 Å². The zero-order valence-corrected chi connectivity index (χ0v) is 14.9. The summed E-state index contributed by atoms with van der Waals surface area (Å²) in [5.74, 6) is -1.10. The van der Waals surface area contributed by atoms with Crippen molar-refractivity contribution in [2.24, 2.45) is 5.10 Å². The third-order valence-electron chi connectivity index (χ3n) is 4.32. The van der Waals surface area contributed by atoms with Crippen LogP contribution >= 0.6 is 11.6 Å². The van der Waals surface area contributed by atoms with E-state index in [1.807, 2.05) is 48.5 Å². The summed E-state index contributed by atoms with van der Waals surface area (Å²) in [5.41, 5.74) is 2.63. The summed E-state index contributed by atoms with van der Waals surface area (Å²) in [7, 11) is 0. The SMILES string of the molecule is O=C(O)CCCC(=O)N1N=C(c2ccccc2)C[C@H]1c1ccccc1Cl. The van der Waals surface area contributed by atoms with Crippen molar-refractivity contribution in [2.75, 3.05) is 0 Å². The second-order valence-corrected chi connectivity index (χ2v) is 6.55. The molecule has 1 heterocycles. The number of carbonyl (C=O) groups excluding carboxylic acids is 1. The zero-order chi connectivity index (χ0) is 18.5. The number of benzene rings is 2. The van der Waals surface area contributed by atoms with Gasteiger partial charge < -0.3 is 5.11 Å². The van der Waals surface area contributed by atoms with Crippen molar-refractivity contribution in [3.05, 3.63) is 70.7 Å². The average molecular weight is 371 g/mol. The minimum atomic E-state index is -0.907. The molecule has 0 unspecified atom stereocenters. The smallest absolute Gasteiger partial charge is 0.303 e. The number of carboxylic acid groups (broad SMARTS) is 1. The number of aliphatic carboxylic acids is 1. The maximum Gasteiger partial charge on any atom is 0.303 e. The van der Waals surface area contributed by atoms with Gasteiger partial charge in [-0.05, 0) is 23.6 Å². The molecule has 5 nitrogen and oxygen atoms in total. The molecular weight excluding hydrogens is 352 g/mol. The number of rotatable bonds is 6. The molecule has 1 aliphatic heterocycles. The van der Waals surface area contributed by atoms with Crippen LogP contribution in [-0.2, 0) is 9.59 Å². The molecule has 1 aliphatic rings. The van der Waals surface area contributed by atoms with Crippen molar-refractivity contribution in [3.8, 4) is 0 Å². The predicted molar refractivity (Wildman–Crippen MR) is 100 cm³/mol. The van der Waals surface area contributed by atoms with Crippen LogP contribution in [0.15, 0.2) is 59.7 Å². The van der Waals surface area contributed by atoms with Gasteiger partial charge >= 0.3 is 5.97 Å². The third-order valence-corrected chi connectivity index (χ3v) is 4.66. The highest BCUT2D eigenvalue weighted by atomic mass is 35.5. The summed E-state index contributed by atoms with van der Waals surface area (Å²) >= 11 is 6.35. The van der Waals surface area contributed by atoms with Crippen molar-refractivity contribution >= 4 is 29.2 Å². The quantitative estimate of drug-likeness (QED) is 0.825. The summed E-state index contributed by atoms with van der Waals surface area (Å²) < 4.78 is 0. The molecule has 1 atom stereocenters. The van der Waals surface area contributed by atoms with E-state index in [4.69, 9.17) is 16.7 Å². The molecule has 26 heavy (non-hydrogen) atoms. The number of amides is 1. The fourth-order valence-electron chi connectivity index (χ4n) is 3.04. The first kappa shape index (κ1) is 18.1. The topological polar surface area (TPSA) is 70.0 Å². The van der Waals surface area contributed by atoms with Gasteiger partial charge in [-0.2, -0.15) is 5.10 Å². The van der Waals surface area contributed by atoms with Crippen LogP contribution in [0.5, 0.6) is 0 Å². The highest BCUT2D eigenvalue weighted by molar-refractivity contribution is 6.31. The van der Waals surface area contributed by atoms with E-state index in [0.29, 0.717) is 11.4 Å². The Morgan fingerprint density at radius 2 is 1.77 bits per heavy atom. The summed E-state index contributed by atoms with van der Waals surface area (Å²) in [6.45, 7) is 0. The number of halogens is 1.